The molecule has 0 aliphatic carbocycles. The van der Waals surface area contributed by atoms with Crippen LogP contribution in [0, 0.1) is 17.2 Å². The molecule has 0 unspecified atom stereocenters. The van der Waals surface area contributed by atoms with Gasteiger partial charge in [0.05, 0.1) is 6.07 Å². The number of aromatic nitrogens is 2. The van der Waals surface area contributed by atoms with E-state index in [2.05, 4.69) is 40.2 Å². The SMILES string of the molecule is CC(C)C[C@@H](C(N)=O)N(CC#N)c1ccnc(N2CCC(c3ccccc3)CC2)n1. The summed E-state index contributed by atoms with van der Waals surface area (Å²) >= 11 is 0. The molecular weight excluding hydrogens is 376 g/mol. The van der Waals surface area contributed by atoms with Crippen LogP contribution >= 0.6 is 0 Å². The lowest BCUT2D eigenvalue weighted by Crippen LogP contribution is -2.46. The van der Waals surface area contributed by atoms with E-state index in [-0.39, 0.29) is 12.5 Å². The number of hydrogen-bond donors (Lipinski definition) is 1. The number of anilines is 2. The topological polar surface area (TPSA) is 99.1 Å². The number of nitrogens with zero attached hydrogens (tertiary/aromatic N) is 5. The molecule has 1 aromatic carbocycles. The van der Waals surface area contributed by atoms with Gasteiger partial charge in [-0.3, -0.25) is 4.79 Å². The van der Waals surface area contributed by atoms with Gasteiger partial charge in [-0.15, -0.1) is 0 Å². The monoisotopic (exact) mass is 406 g/mol. The van der Waals surface area contributed by atoms with Crippen LogP contribution in [0.4, 0.5) is 11.8 Å². The maximum Gasteiger partial charge on any atom is 0.240 e. The number of benzene rings is 1. The molecule has 1 aromatic heterocycles. The van der Waals surface area contributed by atoms with E-state index in [1.807, 2.05) is 19.9 Å². The molecule has 1 saturated heterocycles. The fourth-order valence-electron chi connectivity index (χ4n) is 4.06. The Balaban J connectivity index is 1.76. The molecule has 30 heavy (non-hydrogen) atoms. The first-order valence-electron chi connectivity index (χ1n) is 10.6. The molecule has 0 saturated carbocycles. The van der Waals surface area contributed by atoms with Crippen LogP contribution in [-0.2, 0) is 4.79 Å². The van der Waals surface area contributed by atoms with Crippen molar-refractivity contribution in [3.8, 4) is 6.07 Å². The minimum absolute atomic E-state index is 0.0485. The zero-order valence-electron chi connectivity index (χ0n) is 17.7. The largest absolute Gasteiger partial charge is 0.368 e. The smallest absolute Gasteiger partial charge is 0.240 e. The number of nitrogens with two attached hydrogens (primary N) is 1. The number of carbonyl (C=O) groups is 1. The van der Waals surface area contributed by atoms with E-state index in [1.54, 1.807) is 17.2 Å². The molecule has 158 valence electrons. The number of primary amides is 1. The highest BCUT2D eigenvalue weighted by Crippen LogP contribution is 2.30. The minimum Gasteiger partial charge on any atom is -0.368 e. The van der Waals surface area contributed by atoms with E-state index in [9.17, 15) is 10.1 Å². The maximum atomic E-state index is 12.1. The van der Waals surface area contributed by atoms with Crippen molar-refractivity contribution in [3.05, 3.63) is 48.2 Å². The molecule has 0 bridgehead atoms. The summed E-state index contributed by atoms with van der Waals surface area (Å²) in [5.74, 6) is 1.57. The van der Waals surface area contributed by atoms with Crippen LogP contribution in [0.2, 0.25) is 0 Å². The molecule has 2 heterocycles. The first kappa shape index (κ1) is 21.6. The third-order valence-electron chi connectivity index (χ3n) is 5.61. The van der Waals surface area contributed by atoms with Gasteiger partial charge < -0.3 is 15.5 Å². The van der Waals surface area contributed by atoms with Crippen LogP contribution in [0.15, 0.2) is 42.6 Å². The van der Waals surface area contributed by atoms with Crippen molar-refractivity contribution in [2.24, 2.45) is 11.7 Å². The third-order valence-corrected chi connectivity index (χ3v) is 5.61. The predicted molar refractivity (Wildman–Crippen MR) is 118 cm³/mol. The van der Waals surface area contributed by atoms with Crippen molar-refractivity contribution in [1.29, 1.82) is 5.26 Å². The molecule has 1 aliphatic rings. The molecule has 2 N–H and O–H groups in total. The molecule has 0 spiro atoms. The Bertz CT molecular complexity index is 871. The molecule has 1 aliphatic heterocycles. The number of hydrogen-bond acceptors (Lipinski definition) is 6. The van der Waals surface area contributed by atoms with Gasteiger partial charge in [0.25, 0.3) is 0 Å². The van der Waals surface area contributed by atoms with E-state index >= 15 is 0 Å². The zero-order valence-corrected chi connectivity index (χ0v) is 17.7. The van der Waals surface area contributed by atoms with Gasteiger partial charge in [0.2, 0.25) is 11.9 Å². The Morgan fingerprint density at radius 3 is 2.57 bits per heavy atom. The predicted octanol–water partition coefficient (Wildman–Crippen LogP) is 3.09. The summed E-state index contributed by atoms with van der Waals surface area (Å²) in [7, 11) is 0. The fourth-order valence-corrected chi connectivity index (χ4v) is 4.06. The van der Waals surface area contributed by atoms with E-state index in [0.29, 0.717) is 24.1 Å². The summed E-state index contributed by atoms with van der Waals surface area (Å²) < 4.78 is 0. The van der Waals surface area contributed by atoms with Gasteiger partial charge in [-0.25, -0.2) is 4.98 Å². The molecule has 7 nitrogen and oxygen atoms in total. The molecule has 2 aromatic rings. The second kappa shape index (κ2) is 10.1. The van der Waals surface area contributed by atoms with Gasteiger partial charge in [-0.1, -0.05) is 44.2 Å². The molecule has 1 atom stereocenters. The van der Waals surface area contributed by atoms with Gasteiger partial charge >= 0.3 is 0 Å². The summed E-state index contributed by atoms with van der Waals surface area (Å²) in [6.07, 6.45) is 4.34. The Labute approximate surface area is 178 Å². The molecular formula is C23H30N6O. The number of piperidine rings is 1. The lowest BCUT2D eigenvalue weighted by Gasteiger charge is -2.33. The van der Waals surface area contributed by atoms with Crippen molar-refractivity contribution in [3.63, 3.8) is 0 Å². The first-order chi connectivity index (χ1) is 14.5. The number of carbonyl (C=O) groups excluding carboxylic acids is 1. The highest BCUT2D eigenvalue weighted by molar-refractivity contribution is 5.83. The van der Waals surface area contributed by atoms with Crippen molar-refractivity contribution < 1.29 is 4.79 Å². The van der Waals surface area contributed by atoms with E-state index < -0.39 is 11.9 Å². The second-order valence-corrected chi connectivity index (χ2v) is 8.22. The van der Waals surface area contributed by atoms with Crippen LogP contribution in [-0.4, -0.2) is 41.6 Å². The Hall–Kier alpha value is -3.14. The Morgan fingerprint density at radius 1 is 1.27 bits per heavy atom. The zero-order chi connectivity index (χ0) is 21.5. The van der Waals surface area contributed by atoms with E-state index in [0.717, 1.165) is 25.9 Å². The molecule has 7 heteroatoms. The van der Waals surface area contributed by atoms with Crippen molar-refractivity contribution in [2.75, 3.05) is 29.4 Å². The van der Waals surface area contributed by atoms with Gasteiger partial charge in [-0.05, 0) is 42.7 Å². The lowest BCUT2D eigenvalue weighted by molar-refractivity contribution is -0.119. The summed E-state index contributed by atoms with van der Waals surface area (Å²) in [6.45, 7) is 5.84. The average molecular weight is 407 g/mol. The molecule has 3 rings (SSSR count). The lowest BCUT2D eigenvalue weighted by atomic mass is 9.90. The molecule has 1 amide bonds. The quantitative estimate of drug-likeness (QED) is 0.676. The van der Waals surface area contributed by atoms with Gasteiger partial charge in [-0.2, -0.15) is 10.2 Å². The fraction of sp³-hybridized carbons (Fsp3) is 0.478. The van der Waals surface area contributed by atoms with Crippen LogP contribution in [0.3, 0.4) is 0 Å². The summed E-state index contributed by atoms with van der Waals surface area (Å²) in [5, 5.41) is 9.32. The van der Waals surface area contributed by atoms with Crippen molar-refractivity contribution in [1.82, 2.24) is 9.97 Å². The highest BCUT2D eigenvalue weighted by Gasteiger charge is 2.27. The Kier molecular flexibility index (Phi) is 7.23. The Morgan fingerprint density at radius 2 is 1.97 bits per heavy atom. The van der Waals surface area contributed by atoms with Gasteiger partial charge in [0.15, 0.2) is 0 Å². The molecule has 0 radical (unpaired) electrons. The van der Waals surface area contributed by atoms with Crippen LogP contribution in [0.25, 0.3) is 0 Å². The molecule has 1 fully saturated rings. The summed E-state index contributed by atoms with van der Waals surface area (Å²) in [5.41, 5.74) is 7.04. The van der Waals surface area contributed by atoms with E-state index in [4.69, 9.17) is 10.7 Å². The van der Waals surface area contributed by atoms with E-state index in [1.165, 1.54) is 5.56 Å². The first-order valence-corrected chi connectivity index (χ1v) is 10.6. The van der Waals surface area contributed by atoms with Gasteiger partial charge in [0.1, 0.15) is 18.4 Å². The van der Waals surface area contributed by atoms with Gasteiger partial charge in [0, 0.05) is 19.3 Å². The number of nitriles is 1. The maximum absolute atomic E-state index is 12.1. The standard InChI is InChI=1S/C23H30N6O/c1-17(2)16-20(22(25)30)29(15-11-24)21-8-12-26-23(27-21)28-13-9-19(10-14-28)18-6-4-3-5-7-18/h3-8,12,17,19-20H,9-10,13-16H2,1-2H3,(H2,25,30)/t20-/m0/s1. The van der Waals surface area contributed by atoms with Crippen LogP contribution in [0.5, 0.6) is 0 Å². The number of amides is 1. The van der Waals surface area contributed by atoms with Crippen molar-refractivity contribution >= 4 is 17.7 Å². The highest BCUT2D eigenvalue weighted by atomic mass is 16.1. The van der Waals surface area contributed by atoms with Crippen LogP contribution < -0.4 is 15.5 Å². The summed E-state index contributed by atoms with van der Waals surface area (Å²) in [6, 6.07) is 13.9. The average Bonchev–Trinajstić information content (AvgIpc) is 2.76. The normalized spacial score (nSPS) is 15.6. The second-order valence-electron chi connectivity index (χ2n) is 8.22. The number of rotatable bonds is 8. The van der Waals surface area contributed by atoms with Crippen molar-refractivity contribution in [2.45, 2.75) is 45.1 Å². The van der Waals surface area contributed by atoms with Crippen LogP contribution in [0.1, 0.15) is 44.6 Å². The third kappa shape index (κ3) is 5.26. The summed E-state index contributed by atoms with van der Waals surface area (Å²) in [4.78, 5) is 25.1. The minimum atomic E-state index is -0.573.